The van der Waals surface area contributed by atoms with Gasteiger partial charge in [-0.3, -0.25) is 4.79 Å². The lowest BCUT2D eigenvalue weighted by molar-refractivity contribution is -0.127. The number of ether oxygens (including phenoxy) is 1. The van der Waals surface area contributed by atoms with Gasteiger partial charge in [0.15, 0.2) is 0 Å². The van der Waals surface area contributed by atoms with Gasteiger partial charge >= 0.3 is 0 Å². The highest BCUT2D eigenvalue weighted by Gasteiger charge is 2.36. The van der Waals surface area contributed by atoms with Crippen LogP contribution in [0.4, 0.5) is 5.69 Å². The number of hydrogen-bond donors (Lipinski definition) is 0. The summed E-state index contributed by atoms with van der Waals surface area (Å²) in [4.78, 5) is 15.3. The average molecular weight is 394 g/mol. The van der Waals surface area contributed by atoms with Crippen LogP contribution >= 0.6 is 15.9 Å². The molecule has 0 N–H and O–H groups in total. The summed E-state index contributed by atoms with van der Waals surface area (Å²) in [7, 11) is 0. The van der Waals surface area contributed by atoms with Gasteiger partial charge in [0.1, 0.15) is 6.10 Å². The second-order valence-electron chi connectivity index (χ2n) is 7.66. The summed E-state index contributed by atoms with van der Waals surface area (Å²) in [5, 5.41) is 0. The van der Waals surface area contributed by atoms with Gasteiger partial charge in [-0.15, -0.1) is 0 Å². The van der Waals surface area contributed by atoms with Crippen molar-refractivity contribution in [2.24, 2.45) is 5.92 Å². The maximum absolute atomic E-state index is 12.8. The number of benzene rings is 1. The summed E-state index contributed by atoms with van der Waals surface area (Å²) in [6, 6.07) is 6.84. The molecule has 24 heavy (non-hydrogen) atoms. The standard InChI is InChI=1S/C20H28BrNO2/c1-13(2)9-17(21)12-15-6-7-18-16(11-15)10-14(3)22(18)20(23)19-5-4-8-24-19/h6-7,11,13-14,17,19H,4-5,8-10,12H2,1-3H3. The third-order valence-corrected chi connectivity index (χ3v) is 5.68. The Morgan fingerprint density at radius 3 is 2.88 bits per heavy atom. The van der Waals surface area contributed by atoms with Crippen molar-refractivity contribution in [1.82, 2.24) is 0 Å². The highest BCUT2D eigenvalue weighted by atomic mass is 79.9. The van der Waals surface area contributed by atoms with Crippen LogP contribution in [0.15, 0.2) is 18.2 Å². The van der Waals surface area contributed by atoms with Gasteiger partial charge in [-0.1, -0.05) is 41.9 Å². The zero-order chi connectivity index (χ0) is 17.3. The van der Waals surface area contributed by atoms with Crippen LogP contribution in [0.2, 0.25) is 0 Å². The molecule has 0 bridgehead atoms. The summed E-state index contributed by atoms with van der Waals surface area (Å²) in [6.07, 6.45) is 4.77. The SMILES string of the molecule is CC(C)CC(Br)Cc1ccc2c(c1)CC(C)N2C(=O)C1CCCO1. The predicted octanol–water partition coefficient (Wildman–Crippen LogP) is 4.50. The number of carbonyl (C=O) groups excluding carboxylic acids is 1. The van der Waals surface area contributed by atoms with E-state index in [-0.39, 0.29) is 18.1 Å². The lowest BCUT2D eigenvalue weighted by Gasteiger charge is -2.25. The Kier molecular flexibility index (Phi) is 5.66. The first-order valence-electron chi connectivity index (χ1n) is 9.16. The minimum absolute atomic E-state index is 0.143. The zero-order valence-electron chi connectivity index (χ0n) is 14.9. The summed E-state index contributed by atoms with van der Waals surface area (Å²) < 4.78 is 5.61. The van der Waals surface area contributed by atoms with Crippen LogP contribution in [-0.2, 0) is 22.4 Å². The number of carbonyl (C=O) groups is 1. The molecular weight excluding hydrogens is 366 g/mol. The van der Waals surface area contributed by atoms with Gasteiger partial charge in [-0.2, -0.15) is 0 Å². The number of hydrogen-bond acceptors (Lipinski definition) is 2. The molecule has 132 valence electrons. The zero-order valence-corrected chi connectivity index (χ0v) is 16.5. The largest absolute Gasteiger partial charge is 0.368 e. The van der Waals surface area contributed by atoms with E-state index >= 15 is 0 Å². The first kappa shape index (κ1) is 17.9. The Hall–Kier alpha value is -0.870. The highest BCUT2D eigenvalue weighted by molar-refractivity contribution is 9.09. The molecule has 2 aliphatic rings. The van der Waals surface area contributed by atoms with Crippen molar-refractivity contribution < 1.29 is 9.53 Å². The summed E-state index contributed by atoms with van der Waals surface area (Å²) in [6.45, 7) is 7.37. The van der Waals surface area contributed by atoms with Gasteiger partial charge in [-0.05, 0) is 62.1 Å². The van der Waals surface area contributed by atoms with Crippen LogP contribution in [-0.4, -0.2) is 29.5 Å². The molecule has 0 radical (unpaired) electrons. The van der Waals surface area contributed by atoms with Crippen molar-refractivity contribution in [2.45, 2.75) is 69.8 Å². The number of rotatable bonds is 5. The average Bonchev–Trinajstić information content (AvgIpc) is 3.12. The molecule has 2 aliphatic heterocycles. The fourth-order valence-corrected chi connectivity index (χ4v) is 5.05. The van der Waals surface area contributed by atoms with E-state index in [2.05, 4.69) is 54.9 Å². The van der Waals surface area contributed by atoms with Crippen molar-refractivity contribution in [3.63, 3.8) is 0 Å². The molecule has 0 saturated carbocycles. The minimum Gasteiger partial charge on any atom is -0.368 e. The Balaban J connectivity index is 1.74. The van der Waals surface area contributed by atoms with Crippen molar-refractivity contribution in [2.75, 3.05) is 11.5 Å². The Morgan fingerprint density at radius 2 is 2.21 bits per heavy atom. The monoisotopic (exact) mass is 393 g/mol. The fourth-order valence-electron chi connectivity index (χ4n) is 3.93. The van der Waals surface area contributed by atoms with Gasteiger partial charge < -0.3 is 9.64 Å². The molecule has 1 amide bonds. The predicted molar refractivity (Wildman–Crippen MR) is 102 cm³/mol. The third kappa shape index (κ3) is 3.85. The lowest BCUT2D eigenvalue weighted by atomic mass is 10.00. The smallest absolute Gasteiger partial charge is 0.256 e. The van der Waals surface area contributed by atoms with Crippen LogP contribution in [0.1, 0.15) is 51.2 Å². The minimum atomic E-state index is -0.240. The van der Waals surface area contributed by atoms with E-state index in [0.717, 1.165) is 31.4 Å². The third-order valence-electron chi connectivity index (χ3n) is 4.99. The van der Waals surface area contributed by atoms with Crippen molar-refractivity contribution in [1.29, 1.82) is 0 Å². The van der Waals surface area contributed by atoms with Crippen LogP contribution in [0.3, 0.4) is 0 Å². The first-order chi connectivity index (χ1) is 11.5. The Labute approximate surface area is 153 Å². The molecule has 1 aromatic carbocycles. The molecule has 0 aromatic heterocycles. The van der Waals surface area contributed by atoms with Crippen LogP contribution in [0.25, 0.3) is 0 Å². The molecule has 0 aliphatic carbocycles. The van der Waals surface area contributed by atoms with Crippen LogP contribution in [0, 0.1) is 5.92 Å². The highest BCUT2D eigenvalue weighted by Crippen LogP contribution is 2.35. The number of nitrogens with zero attached hydrogens (tertiary/aromatic N) is 1. The normalized spacial score (nSPS) is 24.5. The van der Waals surface area contributed by atoms with Crippen LogP contribution < -0.4 is 4.90 Å². The molecule has 1 saturated heterocycles. The van der Waals surface area contributed by atoms with Gasteiger partial charge in [0.25, 0.3) is 5.91 Å². The van der Waals surface area contributed by atoms with E-state index in [1.165, 1.54) is 17.5 Å². The van der Waals surface area contributed by atoms with Crippen molar-refractivity contribution in [3.8, 4) is 0 Å². The molecule has 1 aromatic rings. The maximum Gasteiger partial charge on any atom is 0.256 e. The molecule has 3 rings (SSSR count). The van der Waals surface area contributed by atoms with Gasteiger partial charge in [0.2, 0.25) is 0 Å². The van der Waals surface area contributed by atoms with Gasteiger partial charge in [0, 0.05) is 23.2 Å². The lowest BCUT2D eigenvalue weighted by Crippen LogP contribution is -2.42. The topological polar surface area (TPSA) is 29.5 Å². The molecule has 1 fully saturated rings. The molecule has 4 heteroatoms. The second-order valence-corrected chi connectivity index (χ2v) is 8.95. The van der Waals surface area contributed by atoms with E-state index < -0.39 is 0 Å². The number of alkyl halides is 1. The van der Waals surface area contributed by atoms with Gasteiger partial charge in [-0.25, -0.2) is 0 Å². The Morgan fingerprint density at radius 1 is 1.42 bits per heavy atom. The number of halogens is 1. The second kappa shape index (κ2) is 7.57. The number of amides is 1. The molecular formula is C20H28BrNO2. The van der Waals surface area contributed by atoms with E-state index in [4.69, 9.17) is 4.74 Å². The molecule has 3 atom stereocenters. The Bertz CT molecular complexity index is 595. The van der Waals surface area contributed by atoms with Gasteiger partial charge in [0.05, 0.1) is 0 Å². The quantitative estimate of drug-likeness (QED) is 0.689. The molecule has 3 nitrogen and oxygen atoms in total. The van der Waals surface area contributed by atoms with Crippen molar-refractivity contribution in [3.05, 3.63) is 29.3 Å². The van der Waals surface area contributed by atoms with Crippen molar-refractivity contribution >= 4 is 27.5 Å². The fraction of sp³-hybridized carbons (Fsp3) is 0.650. The summed E-state index contributed by atoms with van der Waals surface area (Å²) in [5.41, 5.74) is 3.74. The van der Waals surface area contributed by atoms with E-state index in [1.54, 1.807) is 0 Å². The van der Waals surface area contributed by atoms with E-state index in [0.29, 0.717) is 17.4 Å². The number of anilines is 1. The summed E-state index contributed by atoms with van der Waals surface area (Å²) in [5.74, 6) is 0.841. The van der Waals surface area contributed by atoms with E-state index in [9.17, 15) is 4.79 Å². The van der Waals surface area contributed by atoms with Crippen LogP contribution in [0.5, 0.6) is 0 Å². The molecule has 2 heterocycles. The van der Waals surface area contributed by atoms with E-state index in [1.807, 2.05) is 4.90 Å². The summed E-state index contributed by atoms with van der Waals surface area (Å²) >= 11 is 3.81. The first-order valence-corrected chi connectivity index (χ1v) is 10.1. The number of fused-ring (bicyclic) bond motifs is 1. The molecule has 3 unspecified atom stereocenters. The maximum atomic E-state index is 12.8. The molecule has 0 spiro atoms.